The lowest BCUT2D eigenvalue weighted by Crippen LogP contribution is -2.36. The summed E-state index contributed by atoms with van der Waals surface area (Å²) in [7, 11) is 4.78. The minimum atomic E-state index is -0.607. The summed E-state index contributed by atoms with van der Waals surface area (Å²) >= 11 is 0. The van der Waals surface area contributed by atoms with Crippen molar-refractivity contribution in [3.05, 3.63) is 76.1 Å². The van der Waals surface area contributed by atoms with Crippen molar-refractivity contribution >= 4 is 11.8 Å². The van der Waals surface area contributed by atoms with Gasteiger partial charge < -0.3 is 29.0 Å². The number of nitrogens with one attached hydrogen (secondary N) is 1. The molecule has 0 aromatic heterocycles. The molecule has 1 aliphatic carbocycles. The molecule has 2 aromatic rings. The average molecular weight is 534 g/mol. The standard InChI is InChI=1S/C31H35NO7/c1-18-28(31(34)39-17-21-8-7-13-38-21)29(19-11-12-26(36-3)27(16-19)37-4)30-23(32-18)14-20(15-24(30)33)22-9-5-6-10-25(22)35-2/h5-6,9-12,16,20-21,29,32H,7-8,13-15,17H2,1-4H3/t20-,21+,29+/m1/s1. The third kappa shape index (κ3) is 5.26. The minimum absolute atomic E-state index is 0.0173. The Morgan fingerprint density at radius 2 is 1.77 bits per heavy atom. The Hall–Kier alpha value is -3.78. The molecule has 39 heavy (non-hydrogen) atoms. The lowest BCUT2D eigenvalue weighted by Gasteiger charge is -2.37. The van der Waals surface area contributed by atoms with E-state index in [9.17, 15) is 9.59 Å². The van der Waals surface area contributed by atoms with E-state index in [4.69, 9.17) is 23.7 Å². The molecule has 3 aliphatic rings. The number of esters is 1. The first kappa shape index (κ1) is 26.8. The molecule has 2 aliphatic heterocycles. The zero-order valence-electron chi connectivity index (χ0n) is 22.9. The number of ketones is 1. The molecule has 1 saturated heterocycles. The Balaban J connectivity index is 1.55. The van der Waals surface area contributed by atoms with Crippen LogP contribution in [0.15, 0.2) is 65.0 Å². The van der Waals surface area contributed by atoms with Gasteiger partial charge in [-0.15, -0.1) is 0 Å². The molecule has 8 heteroatoms. The van der Waals surface area contributed by atoms with Gasteiger partial charge in [0.2, 0.25) is 0 Å². The summed E-state index contributed by atoms with van der Waals surface area (Å²) in [4.78, 5) is 27.5. The number of benzene rings is 2. The first-order chi connectivity index (χ1) is 18.9. The molecule has 5 rings (SSSR count). The van der Waals surface area contributed by atoms with Crippen LogP contribution in [0.4, 0.5) is 0 Å². The van der Waals surface area contributed by atoms with Crippen LogP contribution in [0.25, 0.3) is 0 Å². The Morgan fingerprint density at radius 3 is 2.49 bits per heavy atom. The number of rotatable bonds is 8. The van der Waals surface area contributed by atoms with Gasteiger partial charge >= 0.3 is 5.97 Å². The molecule has 8 nitrogen and oxygen atoms in total. The quantitative estimate of drug-likeness (QED) is 0.484. The second kappa shape index (κ2) is 11.5. The molecule has 0 saturated carbocycles. The van der Waals surface area contributed by atoms with Crippen molar-refractivity contribution < 1.29 is 33.3 Å². The number of carbonyl (C=O) groups excluding carboxylic acids is 2. The maximum Gasteiger partial charge on any atom is 0.336 e. The van der Waals surface area contributed by atoms with Crippen LogP contribution in [-0.4, -0.2) is 52.4 Å². The Labute approximate surface area is 228 Å². The number of Topliss-reactive ketones (excluding diaryl/α,β-unsaturated/α-hetero) is 1. The fraction of sp³-hybridized carbons (Fsp3) is 0.419. The summed E-state index contributed by atoms with van der Waals surface area (Å²) in [6.45, 7) is 2.72. The van der Waals surface area contributed by atoms with Crippen LogP contribution < -0.4 is 19.5 Å². The van der Waals surface area contributed by atoms with Gasteiger partial charge in [-0.3, -0.25) is 4.79 Å². The van der Waals surface area contributed by atoms with Gasteiger partial charge in [0.25, 0.3) is 0 Å². The van der Waals surface area contributed by atoms with Crippen molar-refractivity contribution in [1.29, 1.82) is 0 Å². The lowest BCUT2D eigenvalue weighted by molar-refractivity contribution is -0.142. The van der Waals surface area contributed by atoms with Crippen molar-refractivity contribution in [2.24, 2.45) is 0 Å². The second-order valence-electron chi connectivity index (χ2n) is 10.1. The van der Waals surface area contributed by atoms with Crippen molar-refractivity contribution in [3.8, 4) is 17.2 Å². The van der Waals surface area contributed by atoms with Crippen LogP contribution in [-0.2, 0) is 19.1 Å². The summed E-state index contributed by atoms with van der Waals surface area (Å²) in [6.07, 6.45) is 2.64. The molecule has 0 amide bonds. The molecule has 206 valence electrons. The number of para-hydroxylation sites is 1. The molecular formula is C31H35NO7. The number of dihydropyridines is 1. The summed E-state index contributed by atoms with van der Waals surface area (Å²) in [5, 5.41) is 3.41. The molecule has 0 bridgehead atoms. The van der Waals surface area contributed by atoms with Gasteiger partial charge in [-0.2, -0.15) is 0 Å². The van der Waals surface area contributed by atoms with E-state index in [1.165, 1.54) is 0 Å². The Kier molecular flexibility index (Phi) is 7.93. The van der Waals surface area contributed by atoms with Crippen LogP contribution in [0.3, 0.4) is 0 Å². The van der Waals surface area contributed by atoms with Crippen LogP contribution in [0.5, 0.6) is 17.2 Å². The van der Waals surface area contributed by atoms with E-state index in [2.05, 4.69) is 5.32 Å². The van der Waals surface area contributed by atoms with E-state index >= 15 is 0 Å². The van der Waals surface area contributed by atoms with Crippen molar-refractivity contribution in [3.63, 3.8) is 0 Å². The summed E-state index contributed by atoms with van der Waals surface area (Å²) in [5.74, 6) is 0.723. The summed E-state index contributed by atoms with van der Waals surface area (Å²) in [6, 6.07) is 13.3. The SMILES string of the molecule is COc1ccc([C@H]2C(C(=O)OC[C@@H]3CCCO3)=C(C)NC3=C2C(=O)C[C@H](c2ccccc2OC)C3)cc1OC. The molecule has 2 aromatic carbocycles. The molecule has 3 atom stereocenters. The van der Waals surface area contributed by atoms with E-state index in [0.29, 0.717) is 47.8 Å². The van der Waals surface area contributed by atoms with Gasteiger partial charge in [0.15, 0.2) is 17.3 Å². The maximum atomic E-state index is 13.9. The highest BCUT2D eigenvalue weighted by Gasteiger charge is 2.42. The number of ether oxygens (including phenoxy) is 5. The predicted molar refractivity (Wildman–Crippen MR) is 145 cm³/mol. The second-order valence-corrected chi connectivity index (χ2v) is 10.1. The molecule has 1 N–H and O–H groups in total. The van der Waals surface area contributed by atoms with Gasteiger partial charge in [0.05, 0.1) is 33.0 Å². The van der Waals surface area contributed by atoms with E-state index in [-0.39, 0.29) is 24.4 Å². The van der Waals surface area contributed by atoms with Gasteiger partial charge in [0.1, 0.15) is 12.4 Å². The number of carbonyl (C=O) groups is 2. The van der Waals surface area contributed by atoms with Crippen LogP contribution in [0.2, 0.25) is 0 Å². The highest BCUT2D eigenvalue weighted by molar-refractivity contribution is 6.04. The van der Waals surface area contributed by atoms with Crippen molar-refractivity contribution in [2.45, 2.75) is 50.5 Å². The first-order valence-electron chi connectivity index (χ1n) is 13.3. The molecule has 0 radical (unpaired) electrons. The zero-order chi connectivity index (χ0) is 27.5. The number of methoxy groups -OCH3 is 3. The zero-order valence-corrected chi connectivity index (χ0v) is 22.9. The highest BCUT2D eigenvalue weighted by Crippen LogP contribution is 2.48. The topological polar surface area (TPSA) is 92.3 Å². The monoisotopic (exact) mass is 533 g/mol. The first-order valence-corrected chi connectivity index (χ1v) is 13.3. The molecule has 0 spiro atoms. The van der Waals surface area contributed by atoms with Gasteiger partial charge in [-0.1, -0.05) is 24.3 Å². The van der Waals surface area contributed by atoms with Crippen LogP contribution >= 0.6 is 0 Å². The smallest absolute Gasteiger partial charge is 0.336 e. The predicted octanol–water partition coefficient (Wildman–Crippen LogP) is 4.80. The number of hydrogen-bond donors (Lipinski definition) is 1. The molecule has 1 fully saturated rings. The largest absolute Gasteiger partial charge is 0.496 e. The van der Waals surface area contributed by atoms with Gasteiger partial charge in [-0.05, 0) is 55.5 Å². The van der Waals surface area contributed by atoms with Crippen LogP contribution in [0, 0.1) is 0 Å². The number of allylic oxidation sites excluding steroid dienone is 3. The normalized spacial score (nSPS) is 22.8. The minimum Gasteiger partial charge on any atom is -0.496 e. The third-order valence-corrected chi connectivity index (χ3v) is 7.79. The molecule has 0 unspecified atom stereocenters. The lowest BCUT2D eigenvalue weighted by atomic mass is 9.71. The van der Waals surface area contributed by atoms with E-state index in [1.54, 1.807) is 27.4 Å². The van der Waals surface area contributed by atoms with E-state index < -0.39 is 11.9 Å². The van der Waals surface area contributed by atoms with Crippen molar-refractivity contribution in [1.82, 2.24) is 5.32 Å². The summed E-state index contributed by atoms with van der Waals surface area (Å²) in [5.41, 5.74) is 4.24. The summed E-state index contributed by atoms with van der Waals surface area (Å²) < 4.78 is 28.0. The fourth-order valence-corrected chi connectivity index (χ4v) is 5.92. The highest BCUT2D eigenvalue weighted by atomic mass is 16.6. The molecular weight excluding hydrogens is 498 g/mol. The van der Waals surface area contributed by atoms with E-state index in [1.807, 2.05) is 43.3 Å². The third-order valence-electron chi connectivity index (χ3n) is 7.79. The molecule has 2 heterocycles. The Morgan fingerprint density at radius 1 is 1.00 bits per heavy atom. The van der Waals surface area contributed by atoms with Gasteiger partial charge in [0, 0.05) is 41.8 Å². The Bertz CT molecular complexity index is 1320. The van der Waals surface area contributed by atoms with Gasteiger partial charge in [-0.25, -0.2) is 4.79 Å². The van der Waals surface area contributed by atoms with Crippen LogP contribution in [0.1, 0.15) is 55.6 Å². The maximum absolute atomic E-state index is 13.9. The van der Waals surface area contributed by atoms with Crippen molar-refractivity contribution in [2.75, 3.05) is 34.5 Å². The average Bonchev–Trinajstić information content (AvgIpc) is 3.48. The van der Waals surface area contributed by atoms with E-state index in [0.717, 1.165) is 35.4 Å². The number of hydrogen-bond acceptors (Lipinski definition) is 8. The fourth-order valence-electron chi connectivity index (χ4n) is 5.92.